The Morgan fingerprint density at radius 2 is 1.41 bits per heavy atom. The van der Waals surface area contributed by atoms with Crippen molar-refractivity contribution in [3.8, 4) is 0 Å². The lowest BCUT2D eigenvalue weighted by molar-refractivity contribution is -0.155. The third-order valence-corrected chi connectivity index (χ3v) is 6.97. The van der Waals surface area contributed by atoms with Crippen LogP contribution in [0, 0.1) is 5.41 Å². The summed E-state index contributed by atoms with van der Waals surface area (Å²) in [6.07, 6.45) is 1.84. The van der Waals surface area contributed by atoms with E-state index in [0.29, 0.717) is 18.8 Å². The van der Waals surface area contributed by atoms with Crippen molar-refractivity contribution in [1.82, 2.24) is 4.90 Å². The number of rotatable bonds is 5. The molecule has 1 aromatic carbocycles. The molecular formula is C25H27NO8. The molecule has 1 heterocycles. The Labute approximate surface area is 197 Å². The van der Waals surface area contributed by atoms with Crippen LogP contribution in [0.4, 0.5) is 0 Å². The lowest BCUT2D eigenvalue weighted by atomic mass is 9.62. The van der Waals surface area contributed by atoms with E-state index in [0.717, 1.165) is 38.2 Å². The van der Waals surface area contributed by atoms with Crippen LogP contribution in [0.5, 0.6) is 0 Å². The number of methoxy groups -OCH3 is 4. The molecule has 0 radical (unpaired) electrons. The number of fused-ring (bicyclic) bond motifs is 3. The Morgan fingerprint density at radius 3 is 2.00 bits per heavy atom. The van der Waals surface area contributed by atoms with Gasteiger partial charge in [0.2, 0.25) is 0 Å². The summed E-state index contributed by atoms with van der Waals surface area (Å²) in [6.45, 7) is 1.24. The maximum absolute atomic E-state index is 13.7. The van der Waals surface area contributed by atoms with Gasteiger partial charge in [-0.2, -0.15) is 0 Å². The second-order valence-electron chi connectivity index (χ2n) is 8.45. The molecule has 1 aromatic rings. The summed E-state index contributed by atoms with van der Waals surface area (Å²) in [6, 6.07) is 7.41. The Hall–Kier alpha value is -3.62. The van der Waals surface area contributed by atoms with E-state index in [1.54, 1.807) is 0 Å². The molecule has 9 heteroatoms. The number of allylic oxidation sites excluding steroid dienone is 1. The smallest absolute Gasteiger partial charge is 0.340 e. The second-order valence-corrected chi connectivity index (χ2v) is 8.45. The van der Waals surface area contributed by atoms with Crippen molar-refractivity contribution < 1.29 is 38.1 Å². The molecule has 2 atom stereocenters. The number of carbonyl (C=O) groups is 4. The van der Waals surface area contributed by atoms with Gasteiger partial charge in [-0.1, -0.05) is 24.3 Å². The normalized spacial score (nSPS) is 23.3. The zero-order valence-corrected chi connectivity index (χ0v) is 19.6. The molecule has 9 nitrogen and oxygen atoms in total. The van der Waals surface area contributed by atoms with Gasteiger partial charge in [-0.3, -0.25) is 4.79 Å². The van der Waals surface area contributed by atoms with Crippen LogP contribution >= 0.6 is 0 Å². The first kappa shape index (κ1) is 23.5. The summed E-state index contributed by atoms with van der Waals surface area (Å²) < 4.78 is 20.4. The van der Waals surface area contributed by atoms with Crippen LogP contribution in [0.15, 0.2) is 46.7 Å². The van der Waals surface area contributed by atoms with Crippen molar-refractivity contribution in [2.24, 2.45) is 5.41 Å². The first-order valence-corrected chi connectivity index (χ1v) is 11.0. The van der Waals surface area contributed by atoms with Gasteiger partial charge in [-0.05, 0) is 30.4 Å². The molecule has 180 valence electrons. The van der Waals surface area contributed by atoms with Gasteiger partial charge in [-0.15, -0.1) is 0 Å². The monoisotopic (exact) mass is 469 g/mol. The van der Waals surface area contributed by atoms with Crippen LogP contribution in [0.25, 0.3) is 0 Å². The minimum Gasteiger partial charge on any atom is -0.468 e. The highest BCUT2D eigenvalue weighted by molar-refractivity contribution is 6.16. The Kier molecular flexibility index (Phi) is 6.20. The average molecular weight is 469 g/mol. The first-order valence-electron chi connectivity index (χ1n) is 11.0. The van der Waals surface area contributed by atoms with Crippen LogP contribution in [-0.2, 0) is 44.5 Å². The number of nitrogens with zero attached hydrogens (tertiary/aromatic N) is 1. The molecule has 0 bridgehead atoms. The molecule has 3 aliphatic rings. The number of likely N-dealkylation sites (tertiary alicyclic amines) is 1. The fraction of sp³-hybridized carbons (Fsp3) is 0.440. The highest BCUT2D eigenvalue weighted by Gasteiger charge is 2.64. The Balaban J connectivity index is 2.21. The number of ether oxygens (including phenoxy) is 4. The summed E-state index contributed by atoms with van der Waals surface area (Å²) >= 11 is 0. The minimum absolute atomic E-state index is 0.0853. The first-order chi connectivity index (χ1) is 16.4. The molecular weight excluding hydrogens is 442 g/mol. The van der Waals surface area contributed by atoms with Crippen molar-refractivity contribution in [2.75, 3.05) is 41.5 Å². The maximum atomic E-state index is 13.7. The number of benzene rings is 1. The SMILES string of the molecule is COC(=O)C1=C(N2CCCC2)[C@H]2c3ccccc3C[C@@]2(C(=O)OC)C(C(=O)OC)=C1C(=O)OC. The third kappa shape index (κ3) is 3.21. The molecule has 2 aliphatic carbocycles. The van der Waals surface area contributed by atoms with Gasteiger partial charge in [-0.25, -0.2) is 14.4 Å². The van der Waals surface area contributed by atoms with Gasteiger partial charge in [0.1, 0.15) is 5.41 Å². The number of hydrogen-bond donors (Lipinski definition) is 0. The number of hydrogen-bond acceptors (Lipinski definition) is 9. The molecule has 0 aromatic heterocycles. The lowest BCUT2D eigenvalue weighted by Gasteiger charge is -2.43. The van der Waals surface area contributed by atoms with Crippen molar-refractivity contribution in [3.63, 3.8) is 0 Å². The van der Waals surface area contributed by atoms with Crippen LogP contribution in [-0.4, -0.2) is 70.3 Å². The molecule has 0 N–H and O–H groups in total. The van der Waals surface area contributed by atoms with E-state index in [4.69, 9.17) is 18.9 Å². The van der Waals surface area contributed by atoms with Crippen molar-refractivity contribution in [3.05, 3.63) is 57.8 Å². The molecule has 4 rings (SSSR count). The van der Waals surface area contributed by atoms with Gasteiger partial charge in [0, 0.05) is 24.7 Å². The summed E-state index contributed by atoms with van der Waals surface area (Å²) in [7, 11) is 4.74. The lowest BCUT2D eigenvalue weighted by Crippen LogP contribution is -2.49. The summed E-state index contributed by atoms with van der Waals surface area (Å²) in [5.74, 6) is -4.10. The average Bonchev–Trinajstić information content (AvgIpc) is 3.52. The molecule has 1 aliphatic heterocycles. The van der Waals surface area contributed by atoms with Crippen LogP contribution < -0.4 is 0 Å². The number of esters is 4. The minimum atomic E-state index is -1.62. The van der Waals surface area contributed by atoms with Gasteiger partial charge >= 0.3 is 23.9 Å². The standard InChI is InChI=1S/C25H27NO8/c1-31-21(27)16-17(22(28)32-2)20(26-11-7-8-12-26)18-15-10-6-5-9-14(15)13-25(18,24(30)34-4)19(16)23(29)33-3/h5-6,9-10,18H,7-8,11-13H2,1-4H3/t18-,25+/m1/s1. The fourth-order valence-electron chi connectivity index (χ4n) is 5.65. The topological polar surface area (TPSA) is 108 Å². The van der Waals surface area contributed by atoms with Gasteiger partial charge in [0.25, 0.3) is 0 Å². The predicted molar refractivity (Wildman–Crippen MR) is 118 cm³/mol. The predicted octanol–water partition coefficient (Wildman–Crippen LogP) is 1.66. The highest BCUT2D eigenvalue weighted by atomic mass is 16.5. The zero-order valence-electron chi connectivity index (χ0n) is 19.6. The molecule has 0 saturated carbocycles. The fourth-order valence-corrected chi connectivity index (χ4v) is 5.65. The Morgan fingerprint density at radius 1 is 0.824 bits per heavy atom. The van der Waals surface area contributed by atoms with Crippen molar-refractivity contribution in [2.45, 2.75) is 25.2 Å². The van der Waals surface area contributed by atoms with E-state index in [1.807, 2.05) is 29.2 Å². The van der Waals surface area contributed by atoms with Crippen molar-refractivity contribution >= 4 is 23.9 Å². The summed E-state index contributed by atoms with van der Waals surface area (Å²) in [4.78, 5) is 55.4. The van der Waals surface area contributed by atoms with E-state index < -0.39 is 35.2 Å². The maximum Gasteiger partial charge on any atom is 0.340 e. The molecule has 1 fully saturated rings. The van der Waals surface area contributed by atoms with E-state index in [9.17, 15) is 19.2 Å². The van der Waals surface area contributed by atoms with Crippen LogP contribution in [0.3, 0.4) is 0 Å². The van der Waals surface area contributed by atoms with Crippen LogP contribution in [0.2, 0.25) is 0 Å². The van der Waals surface area contributed by atoms with E-state index in [2.05, 4.69) is 0 Å². The molecule has 1 saturated heterocycles. The van der Waals surface area contributed by atoms with Crippen LogP contribution in [0.1, 0.15) is 29.9 Å². The highest BCUT2D eigenvalue weighted by Crippen LogP contribution is 2.61. The number of carbonyl (C=O) groups excluding carboxylic acids is 4. The quantitative estimate of drug-likeness (QED) is 0.470. The Bertz CT molecular complexity index is 1130. The summed E-state index contributed by atoms with van der Waals surface area (Å²) in [5, 5.41) is 0. The third-order valence-electron chi connectivity index (χ3n) is 6.97. The molecule has 0 amide bonds. The van der Waals surface area contributed by atoms with Crippen molar-refractivity contribution in [1.29, 1.82) is 0 Å². The van der Waals surface area contributed by atoms with E-state index >= 15 is 0 Å². The zero-order chi connectivity index (χ0) is 24.6. The van der Waals surface area contributed by atoms with E-state index in [1.165, 1.54) is 14.2 Å². The van der Waals surface area contributed by atoms with Gasteiger partial charge in [0.15, 0.2) is 0 Å². The van der Waals surface area contributed by atoms with E-state index in [-0.39, 0.29) is 23.1 Å². The summed E-state index contributed by atoms with van der Waals surface area (Å²) in [5.41, 5.74) is -0.223. The largest absolute Gasteiger partial charge is 0.468 e. The van der Waals surface area contributed by atoms with Gasteiger partial charge in [0.05, 0.1) is 45.2 Å². The molecule has 34 heavy (non-hydrogen) atoms. The second kappa shape index (κ2) is 8.96. The van der Waals surface area contributed by atoms with Gasteiger partial charge < -0.3 is 23.8 Å². The molecule has 0 unspecified atom stereocenters. The molecule has 0 spiro atoms.